The number of nitrogens with zero attached hydrogens (tertiary/aromatic N) is 1. The lowest BCUT2D eigenvalue weighted by atomic mass is 9.93. The fourth-order valence-corrected chi connectivity index (χ4v) is 2.77. The highest BCUT2D eigenvalue weighted by Gasteiger charge is 2.25. The minimum absolute atomic E-state index is 0.131. The molecular weight excluding hydrogens is 269 g/mol. The SMILES string of the molecule is CC1c2cc(F)ccc2CCN1CCC(=O)OC(C)(C)C. The Morgan fingerprint density at radius 2 is 2.14 bits per heavy atom. The molecule has 0 saturated heterocycles. The average molecular weight is 293 g/mol. The predicted octanol–water partition coefficient (Wildman–Crippen LogP) is 3.48. The van der Waals surface area contributed by atoms with Crippen molar-refractivity contribution >= 4 is 5.97 Å². The summed E-state index contributed by atoms with van der Waals surface area (Å²) >= 11 is 0. The molecule has 2 rings (SSSR count). The number of hydrogen-bond donors (Lipinski definition) is 0. The zero-order valence-corrected chi connectivity index (χ0v) is 13.3. The van der Waals surface area contributed by atoms with Crippen LogP contribution in [-0.2, 0) is 16.0 Å². The molecule has 1 unspecified atom stereocenters. The summed E-state index contributed by atoms with van der Waals surface area (Å²) in [6.07, 6.45) is 1.26. The van der Waals surface area contributed by atoms with Crippen LogP contribution in [-0.4, -0.2) is 29.6 Å². The zero-order chi connectivity index (χ0) is 15.6. The number of ether oxygens (including phenoxy) is 1. The third kappa shape index (κ3) is 4.27. The molecule has 0 aromatic heterocycles. The van der Waals surface area contributed by atoms with Gasteiger partial charge < -0.3 is 4.74 Å². The molecule has 0 fully saturated rings. The molecule has 0 amide bonds. The Hall–Kier alpha value is -1.42. The lowest BCUT2D eigenvalue weighted by molar-refractivity contribution is -0.155. The summed E-state index contributed by atoms with van der Waals surface area (Å²) < 4.78 is 18.7. The predicted molar refractivity (Wildman–Crippen MR) is 80.6 cm³/mol. The van der Waals surface area contributed by atoms with Crippen LogP contribution in [0, 0.1) is 5.82 Å². The lowest BCUT2D eigenvalue weighted by Gasteiger charge is -2.35. The summed E-state index contributed by atoms with van der Waals surface area (Å²) in [5.74, 6) is -0.380. The molecule has 4 heteroatoms. The molecule has 0 N–H and O–H groups in total. The second kappa shape index (κ2) is 6.14. The van der Waals surface area contributed by atoms with Crippen LogP contribution in [0.15, 0.2) is 18.2 Å². The van der Waals surface area contributed by atoms with Crippen LogP contribution >= 0.6 is 0 Å². The van der Waals surface area contributed by atoms with E-state index in [0.29, 0.717) is 13.0 Å². The molecule has 3 nitrogen and oxygen atoms in total. The Balaban J connectivity index is 1.96. The van der Waals surface area contributed by atoms with Gasteiger partial charge in [-0.15, -0.1) is 0 Å². The van der Waals surface area contributed by atoms with Crippen molar-refractivity contribution in [3.05, 3.63) is 35.1 Å². The minimum Gasteiger partial charge on any atom is -0.460 e. The Morgan fingerprint density at radius 1 is 1.43 bits per heavy atom. The van der Waals surface area contributed by atoms with Crippen LogP contribution in [0.2, 0.25) is 0 Å². The summed E-state index contributed by atoms with van der Waals surface area (Å²) in [6, 6.07) is 5.13. The van der Waals surface area contributed by atoms with Crippen molar-refractivity contribution in [3.8, 4) is 0 Å². The number of halogens is 1. The fourth-order valence-electron chi connectivity index (χ4n) is 2.77. The van der Waals surface area contributed by atoms with Gasteiger partial charge in [0.15, 0.2) is 0 Å². The number of carbonyl (C=O) groups excluding carboxylic acids is 1. The van der Waals surface area contributed by atoms with Gasteiger partial charge in [-0.1, -0.05) is 6.07 Å². The minimum atomic E-state index is -0.444. The van der Waals surface area contributed by atoms with Crippen LogP contribution in [0.25, 0.3) is 0 Å². The summed E-state index contributed by atoms with van der Waals surface area (Å²) in [6.45, 7) is 9.20. The molecule has 1 heterocycles. The first-order chi connectivity index (χ1) is 9.76. The van der Waals surface area contributed by atoms with Gasteiger partial charge in [0.2, 0.25) is 0 Å². The molecule has 0 bridgehead atoms. The van der Waals surface area contributed by atoms with Crippen LogP contribution in [0.5, 0.6) is 0 Å². The summed E-state index contributed by atoms with van der Waals surface area (Å²) in [7, 11) is 0. The highest BCUT2D eigenvalue weighted by Crippen LogP contribution is 2.30. The normalized spacial score (nSPS) is 19.2. The van der Waals surface area contributed by atoms with E-state index in [2.05, 4.69) is 11.8 Å². The fraction of sp³-hybridized carbons (Fsp3) is 0.588. The van der Waals surface area contributed by atoms with Crippen LogP contribution in [0.4, 0.5) is 4.39 Å². The van der Waals surface area contributed by atoms with Gasteiger partial charge in [0.05, 0.1) is 6.42 Å². The first-order valence-corrected chi connectivity index (χ1v) is 7.50. The Bertz CT molecular complexity index is 522. The number of hydrogen-bond acceptors (Lipinski definition) is 3. The van der Waals surface area contributed by atoms with Crippen molar-refractivity contribution in [2.45, 2.75) is 52.2 Å². The van der Waals surface area contributed by atoms with E-state index < -0.39 is 5.60 Å². The standard InChI is InChI=1S/C17H24FNO2/c1-12-15-11-14(18)6-5-13(15)7-9-19(12)10-8-16(20)21-17(2,3)4/h5-6,11-12H,7-10H2,1-4H3. The maximum Gasteiger partial charge on any atom is 0.307 e. The largest absolute Gasteiger partial charge is 0.460 e. The molecule has 0 spiro atoms. The van der Waals surface area contributed by atoms with Crippen molar-refractivity contribution in [2.75, 3.05) is 13.1 Å². The molecule has 1 aliphatic heterocycles. The summed E-state index contributed by atoms with van der Waals surface area (Å²) in [5.41, 5.74) is 1.79. The quantitative estimate of drug-likeness (QED) is 0.799. The van der Waals surface area contributed by atoms with E-state index >= 15 is 0 Å². The van der Waals surface area contributed by atoms with Crippen molar-refractivity contribution in [2.24, 2.45) is 0 Å². The number of carbonyl (C=O) groups is 1. The third-order valence-electron chi connectivity index (χ3n) is 3.80. The molecule has 0 aliphatic carbocycles. The van der Waals surface area contributed by atoms with Crippen LogP contribution < -0.4 is 0 Å². The van der Waals surface area contributed by atoms with Gasteiger partial charge in [-0.2, -0.15) is 0 Å². The maximum atomic E-state index is 13.4. The average Bonchev–Trinajstić information content (AvgIpc) is 2.36. The van der Waals surface area contributed by atoms with E-state index in [1.807, 2.05) is 26.8 Å². The smallest absolute Gasteiger partial charge is 0.307 e. The van der Waals surface area contributed by atoms with E-state index in [0.717, 1.165) is 18.5 Å². The molecule has 0 saturated carbocycles. The summed E-state index contributed by atoms with van der Waals surface area (Å²) in [5, 5.41) is 0. The van der Waals surface area contributed by atoms with E-state index in [-0.39, 0.29) is 17.8 Å². The maximum absolute atomic E-state index is 13.4. The highest BCUT2D eigenvalue weighted by molar-refractivity contribution is 5.70. The van der Waals surface area contributed by atoms with Gasteiger partial charge in [0.1, 0.15) is 11.4 Å². The van der Waals surface area contributed by atoms with Gasteiger partial charge >= 0.3 is 5.97 Å². The van der Waals surface area contributed by atoms with Crippen LogP contribution in [0.3, 0.4) is 0 Å². The second-order valence-electron chi connectivity index (χ2n) is 6.64. The third-order valence-corrected chi connectivity index (χ3v) is 3.80. The lowest BCUT2D eigenvalue weighted by Crippen LogP contribution is -2.36. The molecule has 1 aromatic rings. The summed E-state index contributed by atoms with van der Waals surface area (Å²) in [4.78, 5) is 14.0. The van der Waals surface area contributed by atoms with Crippen molar-refractivity contribution in [1.29, 1.82) is 0 Å². The van der Waals surface area contributed by atoms with Gasteiger partial charge in [-0.05, 0) is 57.4 Å². The number of fused-ring (bicyclic) bond motifs is 1. The number of esters is 1. The molecule has 1 atom stereocenters. The number of rotatable bonds is 3. The number of benzene rings is 1. The van der Waals surface area contributed by atoms with E-state index in [9.17, 15) is 9.18 Å². The van der Waals surface area contributed by atoms with Gasteiger partial charge in [0, 0.05) is 19.1 Å². The van der Waals surface area contributed by atoms with E-state index in [1.165, 1.54) is 11.6 Å². The van der Waals surface area contributed by atoms with Crippen molar-refractivity contribution < 1.29 is 13.9 Å². The van der Waals surface area contributed by atoms with Gasteiger partial charge in [0.25, 0.3) is 0 Å². The first-order valence-electron chi connectivity index (χ1n) is 7.50. The van der Waals surface area contributed by atoms with Crippen LogP contribution in [0.1, 0.15) is 51.3 Å². The molecule has 1 aromatic carbocycles. The molecule has 21 heavy (non-hydrogen) atoms. The highest BCUT2D eigenvalue weighted by atomic mass is 19.1. The van der Waals surface area contributed by atoms with Crippen molar-refractivity contribution in [3.63, 3.8) is 0 Å². The first kappa shape index (κ1) is 16.0. The van der Waals surface area contributed by atoms with E-state index in [1.54, 1.807) is 6.07 Å². The Morgan fingerprint density at radius 3 is 2.81 bits per heavy atom. The zero-order valence-electron chi connectivity index (χ0n) is 13.3. The molecular formula is C17H24FNO2. The van der Waals surface area contributed by atoms with Gasteiger partial charge in [-0.3, -0.25) is 9.69 Å². The topological polar surface area (TPSA) is 29.5 Å². The molecule has 0 radical (unpaired) electrons. The van der Waals surface area contributed by atoms with Crippen molar-refractivity contribution in [1.82, 2.24) is 4.90 Å². The molecule has 1 aliphatic rings. The molecule has 116 valence electrons. The van der Waals surface area contributed by atoms with Gasteiger partial charge in [-0.25, -0.2) is 4.39 Å². The van der Waals surface area contributed by atoms with E-state index in [4.69, 9.17) is 4.74 Å². The monoisotopic (exact) mass is 293 g/mol. The Kier molecular flexibility index (Phi) is 4.67. The Labute approximate surface area is 126 Å². The second-order valence-corrected chi connectivity index (χ2v) is 6.64.